The summed E-state index contributed by atoms with van der Waals surface area (Å²) in [6, 6.07) is 0.762. The fourth-order valence-corrected chi connectivity index (χ4v) is 1.47. The molecule has 0 aliphatic carbocycles. The molecule has 1 aromatic rings. The van der Waals surface area contributed by atoms with Crippen molar-refractivity contribution in [2.45, 2.75) is 12.4 Å². The Morgan fingerprint density at radius 2 is 1.52 bits per heavy atom. The van der Waals surface area contributed by atoms with Gasteiger partial charge in [-0.3, -0.25) is 10.3 Å². The molecule has 0 amide bonds. The molecule has 0 heterocycles. The number of hydrazone groups is 1. The van der Waals surface area contributed by atoms with E-state index >= 15 is 0 Å². The fraction of sp³-hybridized carbons (Fsp3) is 0.200. The third-order valence-corrected chi connectivity index (χ3v) is 2.41. The Kier molecular flexibility index (Phi) is 6.66. The molecule has 0 fully saturated rings. The summed E-state index contributed by atoms with van der Waals surface area (Å²) in [5, 5.41) is 10.3. The van der Waals surface area contributed by atoms with Crippen molar-refractivity contribution in [1.82, 2.24) is 5.53 Å². The predicted molar refractivity (Wildman–Crippen MR) is 73.9 cm³/mol. The standard InChI is InChI=1S/C10H10F6N6.ClH/c11-9(12,13)5-1-6(10(14,15)16)3-7(2-5)22(4-17)8(18)20-21-19;/h1-4,17,21H,19H2,(H2,18,20);1H. The third kappa shape index (κ3) is 5.17. The van der Waals surface area contributed by atoms with E-state index in [4.69, 9.17) is 17.0 Å². The number of guanidine groups is 1. The molecule has 1 rings (SSSR count). The van der Waals surface area contributed by atoms with E-state index in [2.05, 4.69) is 5.10 Å². The largest absolute Gasteiger partial charge is 0.416 e. The monoisotopic (exact) mass is 364 g/mol. The summed E-state index contributed by atoms with van der Waals surface area (Å²) < 4.78 is 76.3. The summed E-state index contributed by atoms with van der Waals surface area (Å²) in [7, 11) is 0. The number of halogens is 7. The molecule has 13 heteroatoms. The molecule has 0 saturated carbocycles. The van der Waals surface area contributed by atoms with Gasteiger partial charge in [-0.05, 0) is 18.2 Å². The van der Waals surface area contributed by atoms with Crippen molar-refractivity contribution in [3.8, 4) is 0 Å². The molecule has 0 bridgehead atoms. The molecule has 0 saturated heterocycles. The van der Waals surface area contributed by atoms with Crippen molar-refractivity contribution in [2.24, 2.45) is 16.7 Å². The van der Waals surface area contributed by atoms with Gasteiger partial charge in [-0.1, -0.05) is 0 Å². The van der Waals surface area contributed by atoms with Gasteiger partial charge in [-0.25, -0.2) is 11.4 Å². The van der Waals surface area contributed by atoms with Gasteiger partial charge in [0, 0.05) is 0 Å². The van der Waals surface area contributed by atoms with Gasteiger partial charge in [0.1, 0.15) is 0 Å². The molecule has 0 spiro atoms. The molecule has 0 aromatic heterocycles. The van der Waals surface area contributed by atoms with E-state index in [1.165, 1.54) is 0 Å². The number of hydrogen-bond acceptors (Lipinski definition) is 4. The fourth-order valence-electron chi connectivity index (χ4n) is 1.47. The zero-order valence-corrected chi connectivity index (χ0v) is 11.9. The Morgan fingerprint density at radius 3 is 1.83 bits per heavy atom. The van der Waals surface area contributed by atoms with Crippen LogP contribution in [0.3, 0.4) is 0 Å². The molecule has 0 radical (unpaired) electrons. The topological polar surface area (TPSA) is 104 Å². The van der Waals surface area contributed by atoms with Gasteiger partial charge < -0.3 is 5.73 Å². The SMILES string of the molecule is Cl.N=CN(C(N)=NNN)c1cc(C(F)(F)F)cc(C(F)(F)F)c1. The maximum Gasteiger partial charge on any atom is 0.416 e. The summed E-state index contributed by atoms with van der Waals surface area (Å²) in [5.41, 5.74) is 3.29. The van der Waals surface area contributed by atoms with Crippen LogP contribution in [0.25, 0.3) is 0 Å². The maximum atomic E-state index is 12.7. The minimum absolute atomic E-state index is 0. The molecule has 23 heavy (non-hydrogen) atoms. The summed E-state index contributed by atoms with van der Waals surface area (Å²) in [4.78, 5) is 0.490. The van der Waals surface area contributed by atoms with Gasteiger partial charge in [0.25, 0.3) is 0 Å². The van der Waals surface area contributed by atoms with Crippen molar-refractivity contribution >= 4 is 30.4 Å². The van der Waals surface area contributed by atoms with Crippen LogP contribution in [-0.4, -0.2) is 12.3 Å². The Labute approximate surface area is 132 Å². The van der Waals surface area contributed by atoms with Crippen molar-refractivity contribution < 1.29 is 26.3 Å². The highest BCUT2D eigenvalue weighted by molar-refractivity contribution is 6.08. The number of alkyl halides is 6. The number of nitrogens with two attached hydrogens (primary N) is 2. The van der Waals surface area contributed by atoms with E-state index in [0.29, 0.717) is 23.4 Å². The number of nitrogens with one attached hydrogen (secondary N) is 2. The number of benzene rings is 1. The zero-order chi connectivity index (χ0) is 17.1. The van der Waals surface area contributed by atoms with E-state index in [-0.39, 0.29) is 18.5 Å². The highest BCUT2D eigenvalue weighted by Crippen LogP contribution is 2.38. The molecule has 130 valence electrons. The molecule has 0 aliphatic rings. The van der Waals surface area contributed by atoms with Crippen molar-refractivity contribution in [2.75, 3.05) is 4.90 Å². The lowest BCUT2D eigenvalue weighted by molar-refractivity contribution is -0.143. The van der Waals surface area contributed by atoms with Crippen LogP contribution >= 0.6 is 12.4 Å². The number of hydrazine groups is 1. The highest BCUT2D eigenvalue weighted by Gasteiger charge is 2.37. The predicted octanol–water partition coefficient (Wildman–Crippen LogP) is 2.25. The summed E-state index contributed by atoms with van der Waals surface area (Å²) in [6.07, 6.45) is -9.63. The van der Waals surface area contributed by atoms with E-state index in [0.717, 1.165) is 0 Å². The number of rotatable bonds is 3. The first-order chi connectivity index (χ1) is 10.0. The van der Waals surface area contributed by atoms with Crippen molar-refractivity contribution in [3.05, 3.63) is 29.3 Å². The second kappa shape index (κ2) is 7.37. The molecule has 1 aromatic carbocycles. The van der Waals surface area contributed by atoms with Gasteiger partial charge in [-0.15, -0.1) is 17.5 Å². The van der Waals surface area contributed by atoms with Crippen LogP contribution in [0.5, 0.6) is 0 Å². The second-order valence-corrected chi connectivity index (χ2v) is 3.86. The first-order valence-electron chi connectivity index (χ1n) is 5.38. The average Bonchev–Trinajstić information content (AvgIpc) is 2.37. The van der Waals surface area contributed by atoms with Crippen LogP contribution in [0, 0.1) is 5.41 Å². The third-order valence-electron chi connectivity index (χ3n) is 2.41. The quantitative estimate of drug-likeness (QED) is 0.217. The number of nitrogens with zero attached hydrogens (tertiary/aromatic N) is 2. The van der Waals surface area contributed by atoms with Crippen LogP contribution in [0.4, 0.5) is 32.0 Å². The Balaban J connectivity index is 0.00000484. The minimum atomic E-state index is -5.01. The molecular weight excluding hydrogens is 354 g/mol. The molecule has 0 unspecified atom stereocenters. The molecule has 6 N–H and O–H groups in total. The maximum absolute atomic E-state index is 12.7. The molecule has 0 aliphatic heterocycles. The Bertz CT molecular complexity index is 552. The van der Waals surface area contributed by atoms with Crippen LogP contribution in [0.15, 0.2) is 23.3 Å². The highest BCUT2D eigenvalue weighted by atomic mass is 35.5. The average molecular weight is 365 g/mol. The summed E-state index contributed by atoms with van der Waals surface area (Å²) in [6.45, 7) is 0. The van der Waals surface area contributed by atoms with Crippen LogP contribution < -0.4 is 22.0 Å². The Morgan fingerprint density at radius 1 is 1.09 bits per heavy atom. The molecule has 6 nitrogen and oxygen atoms in total. The van der Waals surface area contributed by atoms with E-state index in [1.54, 1.807) is 5.53 Å². The zero-order valence-electron chi connectivity index (χ0n) is 11.0. The normalized spacial score (nSPS) is 12.4. The smallest absolute Gasteiger partial charge is 0.368 e. The van der Waals surface area contributed by atoms with Crippen molar-refractivity contribution in [1.29, 1.82) is 5.41 Å². The number of anilines is 1. The first-order valence-corrected chi connectivity index (χ1v) is 5.38. The lowest BCUT2D eigenvalue weighted by Gasteiger charge is -2.21. The van der Waals surface area contributed by atoms with E-state index in [1.807, 2.05) is 0 Å². The van der Waals surface area contributed by atoms with Crippen LogP contribution in [0.1, 0.15) is 11.1 Å². The van der Waals surface area contributed by atoms with Gasteiger partial charge in [0.15, 0.2) is 0 Å². The van der Waals surface area contributed by atoms with Gasteiger partial charge in [-0.2, -0.15) is 26.3 Å². The van der Waals surface area contributed by atoms with Gasteiger partial charge in [0.2, 0.25) is 5.96 Å². The van der Waals surface area contributed by atoms with E-state index in [9.17, 15) is 26.3 Å². The number of hydrogen-bond donors (Lipinski definition) is 4. The molecular formula is C10H11ClF6N6. The van der Waals surface area contributed by atoms with Gasteiger partial charge in [0.05, 0.1) is 23.2 Å². The summed E-state index contributed by atoms with van der Waals surface area (Å²) in [5.74, 6) is 4.20. The van der Waals surface area contributed by atoms with Crippen LogP contribution in [-0.2, 0) is 12.4 Å². The second-order valence-electron chi connectivity index (χ2n) is 3.86. The van der Waals surface area contributed by atoms with Crippen molar-refractivity contribution in [3.63, 3.8) is 0 Å². The summed E-state index contributed by atoms with van der Waals surface area (Å²) >= 11 is 0. The molecule has 0 atom stereocenters. The van der Waals surface area contributed by atoms with E-state index < -0.39 is 35.1 Å². The minimum Gasteiger partial charge on any atom is -0.368 e. The Hall–Kier alpha value is -2.21. The lowest BCUT2D eigenvalue weighted by Crippen LogP contribution is -2.39. The lowest BCUT2D eigenvalue weighted by atomic mass is 10.1. The van der Waals surface area contributed by atoms with Gasteiger partial charge >= 0.3 is 12.4 Å². The first kappa shape index (κ1) is 20.8. The van der Waals surface area contributed by atoms with Crippen LogP contribution in [0.2, 0.25) is 0 Å².